The molecule has 0 saturated carbocycles. The number of hydrogen-bond acceptors (Lipinski definition) is 6. The van der Waals surface area contributed by atoms with Crippen molar-refractivity contribution in [2.45, 2.75) is 11.6 Å². The fraction of sp³-hybridized carbons (Fsp3) is 0.118. The summed E-state index contributed by atoms with van der Waals surface area (Å²) < 4.78 is 26.6. The molecule has 0 unspecified atom stereocenters. The number of thiol groups is 1. The zero-order valence-corrected chi connectivity index (χ0v) is 13.9. The minimum atomic E-state index is -2.87. The average molecular weight is 358 g/mol. The summed E-state index contributed by atoms with van der Waals surface area (Å²) in [5.74, 6) is 3.40. The first-order valence-electron chi connectivity index (χ1n) is 7.15. The molecule has 1 N–H and O–H groups in total. The lowest BCUT2D eigenvalue weighted by Gasteiger charge is -2.01. The Labute approximate surface area is 146 Å². The lowest BCUT2D eigenvalue weighted by Crippen LogP contribution is -2.24. The van der Waals surface area contributed by atoms with Gasteiger partial charge < -0.3 is 10.1 Å². The van der Waals surface area contributed by atoms with Gasteiger partial charge in [0, 0.05) is 5.92 Å². The first kappa shape index (κ1) is 18.2. The van der Waals surface area contributed by atoms with Crippen LogP contribution in [0.2, 0.25) is 0 Å². The second-order valence-electron chi connectivity index (χ2n) is 4.68. The zero-order valence-electron chi connectivity index (χ0n) is 13.0. The van der Waals surface area contributed by atoms with Crippen molar-refractivity contribution in [1.82, 2.24) is 10.3 Å². The molecule has 2 aromatic rings. The third kappa shape index (κ3) is 6.08. The Morgan fingerprint density at radius 1 is 1.08 bits per heavy atom. The first-order valence-corrected chi connectivity index (χ1v) is 8.33. The van der Waals surface area contributed by atoms with Crippen LogP contribution in [0.5, 0.6) is 0 Å². The van der Waals surface area contributed by atoms with Crippen molar-refractivity contribution in [1.29, 1.82) is 0 Å². The molecule has 7 nitrogen and oxygen atoms in total. The Bertz CT molecular complexity index is 890. The number of nitrogens with one attached hydrogen (secondary N) is 1. The van der Waals surface area contributed by atoms with Gasteiger partial charge in [-0.15, -0.1) is 0 Å². The number of esters is 1. The van der Waals surface area contributed by atoms with Crippen LogP contribution in [0.4, 0.5) is 0 Å². The summed E-state index contributed by atoms with van der Waals surface area (Å²) in [7, 11) is -2.87. The van der Waals surface area contributed by atoms with Crippen molar-refractivity contribution in [3.63, 3.8) is 0 Å². The molecule has 0 atom stereocenters. The predicted octanol–water partition coefficient (Wildman–Crippen LogP) is 0.528. The molecule has 25 heavy (non-hydrogen) atoms. The van der Waals surface area contributed by atoms with Crippen molar-refractivity contribution < 1.29 is 22.7 Å². The molecule has 1 aromatic heterocycles. The second kappa shape index (κ2) is 9.20. The lowest BCUT2D eigenvalue weighted by atomic mass is 10.2. The molecular formula is C17H14N2O5S. The lowest BCUT2D eigenvalue weighted by molar-refractivity contribution is -0.137. The van der Waals surface area contributed by atoms with Crippen molar-refractivity contribution in [2.75, 3.05) is 6.54 Å². The number of aromatic nitrogens is 1. The second-order valence-corrected chi connectivity index (χ2v) is 5.66. The maximum atomic E-state index is 11.8. The molecule has 2 rings (SSSR count). The van der Waals surface area contributed by atoms with E-state index in [9.17, 15) is 18.0 Å². The van der Waals surface area contributed by atoms with E-state index >= 15 is 0 Å². The van der Waals surface area contributed by atoms with E-state index in [1.165, 1.54) is 18.2 Å². The quantitative estimate of drug-likeness (QED) is 0.350. The molecule has 128 valence electrons. The first-order chi connectivity index (χ1) is 12.1. The van der Waals surface area contributed by atoms with Crippen LogP contribution in [0.15, 0.2) is 53.6 Å². The van der Waals surface area contributed by atoms with Gasteiger partial charge in [-0.2, -0.15) is 0 Å². The van der Waals surface area contributed by atoms with E-state index in [-0.39, 0.29) is 23.9 Å². The van der Waals surface area contributed by atoms with Crippen LogP contribution in [0.25, 0.3) is 0 Å². The predicted molar refractivity (Wildman–Crippen MR) is 89.2 cm³/mol. The van der Waals surface area contributed by atoms with Gasteiger partial charge in [-0.1, -0.05) is 42.3 Å². The largest absolute Gasteiger partial charge is 0.451 e. The van der Waals surface area contributed by atoms with E-state index in [1.54, 1.807) is 0 Å². The van der Waals surface area contributed by atoms with E-state index < -0.39 is 22.6 Å². The van der Waals surface area contributed by atoms with Gasteiger partial charge in [0.1, 0.15) is 12.3 Å². The summed E-state index contributed by atoms with van der Waals surface area (Å²) in [6.45, 7) is 0.0134. The van der Waals surface area contributed by atoms with Crippen LogP contribution in [0, 0.1) is 11.8 Å². The molecule has 0 spiro atoms. The van der Waals surface area contributed by atoms with Crippen LogP contribution < -0.4 is 5.32 Å². The Balaban J connectivity index is 1.80. The van der Waals surface area contributed by atoms with Gasteiger partial charge in [0.15, 0.2) is 15.7 Å². The molecule has 0 saturated heterocycles. The highest BCUT2D eigenvalue weighted by Crippen LogP contribution is 2.01. The number of pyridine rings is 1. The van der Waals surface area contributed by atoms with Crippen molar-refractivity contribution in [3.05, 3.63) is 59.8 Å². The van der Waals surface area contributed by atoms with Gasteiger partial charge in [-0.3, -0.25) is 4.79 Å². The summed E-state index contributed by atoms with van der Waals surface area (Å²) in [4.78, 5) is 27.0. The van der Waals surface area contributed by atoms with Gasteiger partial charge in [-0.25, -0.2) is 18.2 Å². The van der Waals surface area contributed by atoms with Crippen LogP contribution in [-0.2, 0) is 26.8 Å². The molecule has 0 bridgehead atoms. The molecule has 0 aliphatic carbocycles. The number of carbonyl (C=O) groups is 2. The van der Waals surface area contributed by atoms with Gasteiger partial charge in [-0.05, 0) is 17.7 Å². The highest BCUT2D eigenvalue weighted by Gasteiger charge is 2.07. The molecule has 1 aromatic carbocycles. The van der Waals surface area contributed by atoms with E-state index in [4.69, 9.17) is 4.74 Å². The minimum Gasteiger partial charge on any atom is -0.451 e. The van der Waals surface area contributed by atoms with Crippen molar-refractivity contribution >= 4 is 22.6 Å². The fourth-order valence-corrected chi connectivity index (χ4v) is 2.14. The third-order valence-corrected chi connectivity index (χ3v) is 3.52. The average Bonchev–Trinajstić information content (AvgIpc) is 2.64. The van der Waals surface area contributed by atoms with Gasteiger partial charge in [0.25, 0.3) is 5.91 Å². The molecule has 1 amide bonds. The summed E-state index contributed by atoms with van der Waals surface area (Å²) in [5, 5.41) is 2.22. The minimum absolute atomic E-state index is 0.0508. The van der Waals surface area contributed by atoms with E-state index in [0.717, 1.165) is 5.56 Å². The van der Waals surface area contributed by atoms with Gasteiger partial charge >= 0.3 is 5.97 Å². The van der Waals surface area contributed by atoms with Crippen LogP contribution >= 0.6 is 0 Å². The molecule has 1 heterocycles. The van der Waals surface area contributed by atoms with Crippen LogP contribution in [0.1, 0.15) is 16.1 Å². The number of carbonyl (C=O) groups excluding carboxylic acids is 2. The van der Waals surface area contributed by atoms with E-state index in [1.807, 2.05) is 30.3 Å². The van der Waals surface area contributed by atoms with Crippen LogP contribution in [0.3, 0.4) is 0 Å². The highest BCUT2D eigenvalue weighted by atomic mass is 32.2. The number of hydrogen-bond donors (Lipinski definition) is 2. The number of benzene rings is 1. The van der Waals surface area contributed by atoms with Crippen LogP contribution in [-0.4, -0.2) is 31.8 Å². The Morgan fingerprint density at radius 3 is 2.56 bits per heavy atom. The molecular weight excluding hydrogens is 344 g/mol. The standard InChI is InChI=1S/C17H14N2O5S/c20-16(24-12-13-6-2-1-3-7-13)10-5-11-18-17(21)14-8-4-9-15(19-14)25(22)23/h1-4,6-9,25H,11-12H2,(H,18,21). The molecule has 8 heteroatoms. The summed E-state index contributed by atoms with van der Waals surface area (Å²) in [6, 6.07) is 13.2. The van der Waals surface area contributed by atoms with Crippen molar-refractivity contribution in [2.24, 2.45) is 0 Å². The normalized spacial score (nSPS) is 9.80. The number of nitrogens with zero attached hydrogens (tertiary/aromatic N) is 1. The third-order valence-electron chi connectivity index (χ3n) is 2.89. The highest BCUT2D eigenvalue weighted by molar-refractivity contribution is 7.72. The summed E-state index contributed by atoms with van der Waals surface area (Å²) in [5.41, 5.74) is 0.791. The van der Waals surface area contributed by atoms with Gasteiger partial charge in [0.05, 0.1) is 6.54 Å². The van der Waals surface area contributed by atoms with E-state index in [2.05, 4.69) is 22.1 Å². The maximum absolute atomic E-state index is 11.8. The maximum Gasteiger partial charge on any atom is 0.384 e. The molecule has 0 radical (unpaired) electrons. The fourth-order valence-electron chi connectivity index (χ4n) is 1.74. The molecule has 0 fully saturated rings. The van der Waals surface area contributed by atoms with Gasteiger partial charge in [0.2, 0.25) is 0 Å². The summed E-state index contributed by atoms with van der Waals surface area (Å²) in [6.07, 6.45) is 0. The smallest absolute Gasteiger partial charge is 0.384 e. The molecule has 0 aliphatic rings. The number of amides is 1. The SMILES string of the molecule is O=C(C#CCNC(=O)c1cccc([SH](=O)=O)n1)OCc1ccccc1. The monoisotopic (exact) mass is 358 g/mol. The number of ether oxygens (including phenoxy) is 1. The Kier molecular flexibility index (Phi) is 6.68. The van der Waals surface area contributed by atoms with E-state index in [0.29, 0.717) is 0 Å². The van der Waals surface area contributed by atoms with Crippen molar-refractivity contribution in [3.8, 4) is 11.8 Å². The summed E-state index contributed by atoms with van der Waals surface area (Å²) >= 11 is 0. The Morgan fingerprint density at radius 2 is 1.84 bits per heavy atom. The zero-order chi connectivity index (χ0) is 18.1. The molecule has 0 aliphatic heterocycles. The number of rotatable bonds is 5. The Hall–Kier alpha value is -3.18. The topological polar surface area (TPSA) is 102 Å².